The summed E-state index contributed by atoms with van der Waals surface area (Å²) >= 11 is 6.05. The Balaban J connectivity index is 2.17. The van der Waals surface area contributed by atoms with Gasteiger partial charge in [0.1, 0.15) is 5.75 Å². The minimum absolute atomic E-state index is 0.141. The minimum atomic E-state index is -0.141. The molecular weight excluding hydrogens is 222 g/mol. The summed E-state index contributed by atoms with van der Waals surface area (Å²) in [5.74, 6) is 0.685. The van der Waals surface area contributed by atoms with Crippen molar-refractivity contribution in [1.82, 2.24) is 0 Å². The van der Waals surface area contributed by atoms with Gasteiger partial charge in [0.2, 0.25) is 0 Å². The van der Waals surface area contributed by atoms with Gasteiger partial charge >= 0.3 is 0 Å². The molecule has 1 aromatic rings. The fourth-order valence-corrected chi connectivity index (χ4v) is 2.42. The van der Waals surface area contributed by atoms with E-state index in [1.165, 1.54) is 0 Å². The van der Waals surface area contributed by atoms with Gasteiger partial charge in [-0.2, -0.15) is 5.26 Å². The van der Waals surface area contributed by atoms with Crippen LogP contribution in [0.25, 0.3) is 0 Å². The van der Waals surface area contributed by atoms with E-state index in [0.29, 0.717) is 10.8 Å². The van der Waals surface area contributed by atoms with Crippen LogP contribution in [0, 0.1) is 16.7 Å². The molecule has 0 heterocycles. The first kappa shape index (κ1) is 11.3. The molecule has 0 spiro atoms. The molecule has 1 saturated carbocycles. The van der Waals surface area contributed by atoms with Crippen LogP contribution in [0.2, 0.25) is 5.02 Å². The van der Waals surface area contributed by atoms with Crippen LogP contribution >= 0.6 is 11.6 Å². The highest BCUT2D eigenvalue weighted by Gasteiger charge is 2.37. The predicted molar refractivity (Wildman–Crippen MR) is 63.6 cm³/mol. The fourth-order valence-electron chi connectivity index (χ4n) is 2.14. The lowest BCUT2D eigenvalue weighted by Gasteiger charge is -2.35. The van der Waals surface area contributed by atoms with E-state index in [9.17, 15) is 0 Å². The third-order valence-corrected chi connectivity index (χ3v) is 3.60. The smallest absolute Gasteiger partial charge is 0.137 e. The Morgan fingerprint density at radius 3 is 2.69 bits per heavy atom. The highest BCUT2D eigenvalue weighted by molar-refractivity contribution is 6.32. The molecule has 0 atom stereocenters. The number of hydrogen-bond donors (Lipinski definition) is 0. The molecule has 0 aliphatic heterocycles. The Hall–Kier alpha value is -1.20. The molecule has 1 aromatic carbocycles. The van der Waals surface area contributed by atoms with E-state index in [1.807, 2.05) is 18.2 Å². The number of rotatable bonds is 3. The first-order valence-corrected chi connectivity index (χ1v) is 5.81. The van der Waals surface area contributed by atoms with E-state index in [-0.39, 0.29) is 5.41 Å². The van der Waals surface area contributed by atoms with E-state index in [2.05, 4.69) is 6.07 Å². The summed E-state index contributed by atoms with van der Waals surface area (Å²) in [6.45, 7) is 0. The minimum Gasteiger partial charge on any atom is -0.495 e. The summed E-state index contributed by atoms with van der Waals surface area (Å²) < 4.78 is 5.10. The van der Waals surface area contributed by atoms with Crippen LogP contribution in [-0.4, -0.2) is 7.11 Å². The highest BCUT2D eigenvalue weighted by atomic mass is 35.5. The largest absolute Gasteiger partial charge is 0.495 e. The molecular formula is C13H14ClNO. The molecule has 1 fully saturated rings. The molecule has 1 aliphatic carbocycles. The van der Waals surface area contributed by atoms with Gasteiger partial charge in [0.05, 0.1) is 23.6 Å². The second kappa shape index (κ2) is 4.35. The van der Waals surface area contributed by atoms with Gasteiger partial charge in [-0.15, -0.1) is 0 Å². The van der Waals surface area contributed by atoms with E-state index in [0.717, 1.165) is 31.2 Å². The van der Waals surface area contributed by atoms with E-state index >= 15 is 0 Å². The van der Waals surface area contributed by atoms with Crippen LogP contribution in [0.5, 0.6) is 5.75 Å². The number of hydrogen-bond acceptors (Lipinski definition) is 2. The number of ether oxygens (including phenoxy) is 1. The molecule has 0 N–H and O–H groups in total. The van der Waals surface area contributed by atoms with Gasteiger partial charge in [0.25, 0.3) is 0 Å². The normalized spacial score (nSPS) is 17.3. The lowest BCUT2D eigenvalue weighted by Crippen LogP contribution is -2.29. The van der Waals surface area contributed by atoms with Crippen molar-refractivity contribution in [2.24, 2.45) is 5.41 Å². The first-order valence-electron chi connectivity index (χ1n) is 5.43. The summed E-state index contributed by atoms with van der Waals surface area (Å²) in [5, 5.41) is 9.78. The summed E-state index contributed by atoms with van der Waals surface area (Å²) in [4.78, 5) is 0. The third-order valence-electron chi connectivity index (χ3n) is 3.31. The van der Waals surface area contributed by atoms with Gasteiger partial charge in [-0.25, -0.2) is 0 Å². The molecule has 2 nitrogen and oxygen atoms in total. The Kier molecular flexibility index (Phi) is 3.07. The lowest BCUT2D eigenvalue weighted by molar-refractivity contribution is 0.214. The maximum Gasteiger partial charge on any atom is 0.137 e. The number of nitriles is 1. The van der Waals surface area contributed by atoms with Gasteiger partial charge in [0.15, 0.2) is 0 Å². The Morgan fingerprint density at radius 1 is 1.50 bits per heavy atom. The van der Waals surface area contributed by atoms with E-state index < -0.39 is 0 Å². The highest BCUT2D eigenvalue weighted by Crippen LogP contribution is 2.43. The van der Waals surface area contributed by atoms with Gasteiger partial charge in [-0.3, -0.25) is 0 Å². The Bertz CT molecular complexity index is 432. The number of methoxy groups -OCH3 is 1. The first-order chi connectivity index (χ1) is 7.69. The second-order valence-corrected chi connectivity index (χ2v) is 4.80. The summed E-state index contributed by atoms with van der Waals surface area (Å²) in [6, 6.07) is 8.19. The van der Waals surface area contributed by atoms with Crippen LogP contribution in [0.15, 0.2) is 18.2 Å². The van der Waals surface area contributed by atoms with Crippen LogP contribution in [-0.2, 0) is 6.42 Å². The SMILES string of the molecule is COc1ccc(CC2(C#N)CCC2)cc1Cl. The average Bonchev–Trinajstić information content (AvgIpc) is 2.24. The molecule has 0 bridgehead atoms. The topological polar surface area (TPSA) is 33.0 Å². The predicted octanol–water partition coefficient (Wildman–Crippen LogP) is 3.58. The maximum absolute atomic E-state index is 9.16. The molecule has 0 aromatic heterocycles. The maximum atomic E-state index is 9.16. The molecule has 1 aliphatic rings. The standard InChI is InChI=1S/C13H14ClNO/c1-16-12-4-3-10(7-11(12)14)8-13(9-15)5-2-6-13/h3-4,7H,2,5-6,8H2,1H3. The van der Waals surface area contributed by atoms with Gasteiger partial charge in [0, 0.05) is 0 Å². The van der Waals surface area contributed by atoms with Crippen molar-refractivity contribution in [3.8, 4) is 11.8 Å². The van der Waals surface area contributed by atoms with Gasteiger partial charge in [-0.05, 0) is 37.0 Å². The average molecular weight is 236 g/mol. The van der Waals surface area contributed by atoms with Crippen molar-refractivity contribution in [1.29, 1.82) is 5.26 Å². The Morgan fingerprint density at radius 2 is 2.25 bits per heavy atom. The van der Waals surface area contributed by atoms with Crippen molar-refractivity contribution >= 4 is 11.6 Å². The van der Waals surface area contributed by atoms with Crippen molar-refractivity contribution in [3.63, 3.8) is 0 Å². The van der Waals surface area contributed by atoms with Crippen molar-refractivity contribution in [2.75, 3.05) is 7.11 Å². The molecule has 0 saturated heterocycles. The fraction of sp³-hybridized carbons (Fsp3) is 0.462. The second-order valence-electron chi connectivity index (χ2n) is 4.39. The van der Waals surface area contributed by atoms with Crippen LogP contribution in [0.4, 0.5) is 0 Å². The van der Waals surface area contributed by atoms with E-state index in [1.54, 1.807) is 7.11 Å². The summed E-state index contributed by atoms with van der Waals surface area (Å²) in [7, 11) is 1.60. The van der Waals surface area contributed by atoms with Crippen LogP contribution in [0.3, 0.4) is 0 Å². The Labute approximate surface area is 101 Å². The number of benzene rings is 1. The molecule has 0 unspecified atom stereocenters. The van der Waals surface area contributed by atoms with Crippen LogP contribution in [0.1, 0.15) is 24.8 Å². The quantitative estimate of drug-likeness (QED) is 0.802. The van der Waals surface area contributed by atoms with Gasteiger partial charge < -0.3 is 4.74 Å². The molecule has 16 heavy (non-hydrogen) atoms. The molecule has 0 amide bonds. The molecule has 0 radical (unpaired) electrons. The van der Waals surface area contributed by atoms with Crippen molar-refractivity contribution in [2.45, 2.75) is 25.7 Å². The van der Waals surface area contributed by atoms with Crippen molar-refractivity contribution in [3.05, 3.63) is 28.8 Å². The zero-order valence-electron chi connectivity index (χ0n) is 9.29. The zero-order valence-corrected chi connectivity index (χ0v) is 10.0. The van der Waals surface area contributed by atoms with Crippen LogP contribution < -0.4 is 4.74 Å². The monoisotopic (exact) mass is 235 g/mol. The van der Waals surface area contributed by atoms with E-state index in [4.69, 9.17) is 21.6 Å². The zero-order chi connectivity index (χ0) is 11.6. The summed E-state index contributed by atoms with van der Waals surface area (Å²) in [6.07, 6.45) is 3.98. The molecule has 84 valence electrons. The lowest BCUT2D eigenvalue weighted by atomic mass is 9.66. The summed E-state index contributed by atoms with van der Waals surface area (Å²) in [5.41, 5.74) is 0.977. The third kappa shape index (κ3) is 2.01. The number of nitrogens with zero attached hydrogens (tertiary/aromatic N) is 1. The molecule has 2 rings (SSSR count). The van der Waals surface area contributed by atoms with Gasteiger partial charge in [-0.1, -0.05) is 24.1 Å². The number of halogens is 1. The molecule has 3 heteroatoms. The van der Waals surface area contributed by atoms with Crippen molar-refractivity contribution < 1.29 is 4.74 Å².